The number of aliphatic imine (C=N–C) groups is 1. The second kappa shape index (κ2) is 12.8. The zero-order chi connectivity index (χ0) is 21.0. The fraction of sp³-hybridized carbons (Fsp3) is 0.643. The van der Waals surface area contributed by atoms with Gasteiger partial charge in [-0.15, -0.1) is 0 Å². The lowest BCUT2D eigenvalue weighted by atomic mass is 10.1. The van der Waals surface area contributed by atoms with Gasteiger partial charge in [-0.25, -0.2) is 4.79 Å². The molecule has 0 saturated carbocycles. The van der Waals surface area contributed by atoms with Gasteiger partial charge in [-0.05, 0) is 19.8 Å². The highest BCUT2D eigenvalue weighted by Gasteiger charge is 2.26. The summed E-state index contributed by atoms with van der Waals surface area (Å²) in [4.78, 5) is 50.6. The van der Waals surface area contributed by atoms with Crippen LogP contribution >= 0.6 is 12.6 Å². The van der Waals surface area contributed by atoms with Gasteiger partial charge in [-0.3, -0.25) is 19.4 Å². The molecule has 0 saturated heterocycles. The van der Waals surface area contributed by atoms with Crippen molar-refractivity contribution < 1.29 is 24.3 Å². The van der Waals surface area contributed by atoms with Crippen molar-refractivity contribution in [3.8, 4) is 0 Å². The van der Waals surface area contributed by atoms with E-state index in [9.17, 15) is 19.2 Å². The average Bonchev–Trinajstić information content (AvgIpc) is 2.60. The van der Waals surface area contributed by atoms with Crippen molar-refractivity contribution in [2.45, 2.75) is 37.9 Å². The maximum atomic E-state index is 12.4. The minimum Gasteiger partial charge on any atom is -0.480 e. The molecule has 0 aromatic carbocycles. The third-order valence-corrected chi connectivity index (χ3v) is 3.70. The molecular formula is C14H27N7O5S. The number of carbonyl (C=O) groups excluding carboxylic acids is 3. The molecule has 0 aliphatic rings. The SMILES string of the molecule is CC(NC(=O)C(CCCN=C(N)N)NC(=O)CN)C(=O)NC(CS)C(=O)O. The predicted octanol–water partition coefficient (Wildman–Crippen LogP) is -3.51. The second-order valence-electron chi connectivity index (χ2n) is 5.59. The Bertz CT molecular complexity index is 568. The molecular weight excluding hydrogens is 378 g/mol. The van der Waals surface area contributed by atoms with E-state index >= 15 is 0 Å². The van der Waals surface area contributed by atoms with E-state index in [4.69, 9.17) is 22.3 Å². The molecule has 0 heterocycles. The topological polar surface area (TPSA) is 215 Å². The molecule has 3 unspecified atom stereocenters. The van der Waals surface area contributed by atoms with E-state index in [1.807, 2.05) is 0 Å². The van der Waals surface area contributed by atoms with E-state index in [1.165, 1.54) is 6.92 Å². The molecule has 0 aromatic heterocycles. The highest BCUT2D eigenvalue weighted by molar-refractivity contribution is 7.80. The van der Waals surface area contributed by atoms with Gasteiger partial charge >= 0.3 is 5.97 Å². The predicted molar refractivity (Wildman–Crippen MR) is 102 cm³/mol. The lowest BCUT2D eigenvalue weighted by Gasteiger charge is -2.22. The van der Waals surface area contributed by atoms with Gasteiger partial charge in [0.15, 0.2) is 5.96 Å². The molecule has 13 heteroatoms. The van der Waals surface area contributed by atoms with E-state index < -0.39 is 41.8 Å². The Hall–Kier alpha value is -2.54. The van der Waals surface area contributed by atoms with Gasteiger partial charge in [0.05, 0.1) is 6.54 Å². The molecule has 3 amide bonds. The standard InChI is InChI=1S/C14H27N7O5S/c1-7(11(23)21-9(6-27)13(25)26)19-12(24)8(20-10(22)5-15)3-2-4-18-14(16)17/h7-9,27H,2-6,15H2,1H3,(H,19,24)(H,20,22)(H,21,23)(H,25,26)(H4,16,17,18). The molecule has 3 atom stereocenters. The number of amides is 3. The lowest BCUT2D eigenvalue weighted by Crippen LogP contribution is -2.55. The van der Waals surface area contributed by atoms with Gasteiger partial charge in [0.25, 0.3) is 0 Å². The van der Waals surface area contributed by atoms with Crippen molar-refractivity contribution in [2.24, 2.45) is 22.2 Å². The van der Waals surface area contributed by atoms with Gasteiger partial charge in [0.1, 0.15) is 18.1 Å². The Morgan fingerprint density at radius 2 is 1.70 bits per heavy atom. The van der Waals surface area contributed by atoms with E-state index in [0.717, 1.165) is 0 Å². The molecule has 0 fully saturated rings. The van der Waals surface area contributed by atoms with Crippen LogP contribution in [0.15, 0.2) is 4.99 Å². The van der Waals surface area contributed by atoms with Crippen LogP contribution < -0.4 is 33.2 Å². The van der Waals surface area contributed by atoms with Crippen LogP contribution in [0.3, 0.4) is 0 Å². The van der Waals surface area contributed by atoms with Crippen LogP contribution in [-0.4, -0.2) is 71.7 Å². The highest BCUT2D eigenvalue weighted by Crippen LogP contribution is 2.00. The summed E-state index contributed by atoms with van der Waals surface area (Å²) in [5, 5.41) is 16.0. The monoisotopic (exact) mass is 405 g/mol. The molecule has 27 heavy (non-hydrogen) atoms. The minimum atomic E-state index is -1.25. The maximum absolute atomic E-state index is 12.4. The van der Waals surface area contributed by atoms with Gasteiger partial charge in [0, 0.05) is 12.3 Å². The zero-order valence-corrected chi connectivity index (χ0v) is 15.9. The molecule has 12 nitrogen and oxygen atoms in total. The first kappa shape index (κ1) is 24.5. The molecule has 10 N–H and O–H groups in total. The number of hydrogen-bond acceptors (Lipinski definition) is 7. The number of carboxylic acid groups (broad SMARTS) is 1. The number of hydrogen-bond donors (Lipinski definition) is 8. The summed E-state index contributed by atoms with van der Waals surface area (Å²) in [6.07, 6.45) is 0.596. The molecule has 0 bridgehead atoms. The van der Waals surface area contributed by atoms with Crippen molar-refractivity contribution >= 4 is 42.3 Å². The van der Waals surface area contributed by atoms with Crippen LogP contribution in [0.1, 0.15) is 19.8 Å². The molecule has 0 spiro atoms. The molecule has 154 valence electrons. The Kier molecular flexibility index (Phi) is 11.6. The van der Waals surface area contributed by atoms with Gasteiger partial charge < -0.3 is 38.3 Å². The quantitative estimate of drug-likeness (QED) is 0.0703. The number of nitrogens with one attached hydrogen (secondary N) is 3. The number of nitrogens with two attached hydrogens (primary N) is 3. The zero-order valence-electron chi connectivity index (χ0n) is 15.0. The van der Waals surface area contributed by atoms with Gasteiger partial charge in [-0.1, -0.05) is 0 Å². The van der Waals surface area contributed by atoms with Crippen LogP contribution in [0.25, 0.3) is 0 Å². The van der Waals surface area contributed by atoms with Crippen LogP contribution in [0, 0.1) is 0 Å². The summed E-state index contributed by atoms with van der Waals surface area (Å²) >= 11 is 3.84. The third kappa shape index (κ3) is 10.3. The molecule has 0 radical (unpaired) electrons. The first-order valence-electron chi connectivity index (χ1n) is 8.11. The van der Waals surface area contributed by atoms with E-state index in [1.54, 1.807) is 0 Å². The van der Waals surface area contributed by atoms with Crippen molar-refractivity contribution in [1.29, 1.82) is 0 Å². The van der Waals surface area contributed by atoms with E-state index in [2.05, 4.69) is 33.6 Å². The largest absolute Gasteiger partial charge is 0.480 e. The fourth-order valence-corrected chi connectivity index (χ4v) is 2.13. The summed E-state index contributed by atoms with van der Waals surface area (Å²) in [5.41, 5.74) is 15.7. The number of aliphatic carboxylic acids is 1. The first-order valence-corrected chi connectivity index (χ1v) is 8.74. The number of carboxylic acids is 1. The molecule has 0 aliphatic carbocycles. The summed E-state index contributed by atoms with van der Waals surface area (Å²) in [7, 11) is 0. The van der Waals surface area contributed by atoms with Crippen molar-refractivity contribution in [1.82, 2.24) is 16.0 Å². The summed E-state index contributed by atoms with van der Waals surface area (Å²) in [6, 6.07) is -3.17. The molecule has 0 rings (SSSR count). The minimum absolute atomic E-state index is 0.0931. The second-order valence-corrected chi connectivity index (χ2v) is 5.95. The Balaban J connectivity index is 4.83. The van der Waals surface area contributed by atoms with Crippen LogP contribution in [0.2, 0.25) is 0 Å². The highest BCUT2D eigenvalue weighted by atomic mass is 32.1. The molecule has 0 aliphatic heterocycles. The maximum Gasteiger partial charge on any atom is 0.327 e. The number of guanidine groups is 1. The molecule has 0 aromatic rings. The number of thiol groups is 1. The first-order chi connectivity index (χ1) is 12.6. The Morgan fingerprint density at radius 3 is 2.19 bits per heavy atom. The lowest BCUT2D eigenvalue weighted by molar-refractivity contribution is -0.141. The van der Waals surface area contributed by atoms with Crippen molar-refractivity contribution in [3.63, 3.8) is 0 Å². The smallest absolute Gasteiger partial charge is 0.327 e. The van der Waals surface area contributed by atoms with E-state index in [-0.39, 0.29) is 31.2 Å². The van der Waals surface area contributed by atoms with Gasteiger partial charge in [0.2, 0.25) is 17.7 Å². The third-order valence-electron chi connectivity index (χ3n) is 3.33. The average molecular weight is 405 g/mol. The summed E-state index contributed by atoms with van der Waals surface area (Å²) in [6.45, 7) is 1.32. The number of rotatable bonds is 12. The summed E-state index contributed by atoms with van der Waals surface area (Å²) < 4.78 is 0. The Morgan fingerprint density at radius 1 is 1.07 bits per heavy atom. The number of nitrogens with zero attached hydrogens (tertiary/aromatic N) is 1. The van der Waals surface area contributed by atoms with Gasteiger partial charge in [-0.2, -0.15) is 12.6 Å². The Labute approximate surface area is 162 Å². The van der Waals surface area contributed by atoms with Crippen LogP contribution in [-0.2, 0) is 19.2 Å². The van der Waals surface area contributed by atoms with E-state index in [0.29, 0.717) is 6.42 Å². The van der Waals surface area contributed by atoms with Crippen molar-refractivity contribution in [3.05, 3.63) is 0 Å². The normalized spacial score (nSPS) is 13.6. The van der Waals surface area contributed by atoms with Crippen molar-refractivity contribution in [2.75, 3.05) is 18.8 Å². The fourth-order valence-electron chi connectivity index (χ4n) is 1.89. The number of carbonyl (C=O) groups is 4. The van der Waals surface area contributed by atoms with Crippen LogP contribution in [0.5, 0.6) is 0 Å². The summed E-state index contributed by atoms with van der Waals surface area (Å²) in [5.74, 6) is -3.32. The van der Waals surface area contributed by atoms with Crippen LogP contribution in [0.4, 0.5) is 0 Å².